The van der Waals surface area contributed by atoms with Gasteiger partial charge in [-0.15, -0.1) is 5.10 Å². The quantitative estimate of drug-likeness (QED) is 0.782. The molecule has 2 N–H and O–H groups in total. The minimum Gasteiger partial charge on any atom is -0.384 e. The molecule has 7 heteroatoms. The summed E-state index contributed by atoms with van der Waals surface area (Å²) in [6, 6.07) is 3.82. The van der Waals surface area contributed by atoms with Gasteiger partial charge in [0, 0.05) is 5.56 Å². The van der Waals surface area contributed by atoms with Crippen LogP contribution in [0.4, 0.5) is 10.3 Å². The molecule has 0 bridgehead atoms. The van der Waals surface area contributed by atoms with Crippen molar-refractivity contribution in [2.45, 2.75) is 0 Å². The van der Waals surface area contributed by atoms with E-state index in [-0.39, 0.29) is 18.1 Å². The van der Waals surface area contributed by atoms with Crippen molar-refractivity contribution in [3.63, 3.8) is 0 Å². The van der Waals surface area contributed by atoms with E-state index in [1.165, 1.54) is 24.5 Å². The van der Waals surface area contributed by atoms with Gasteiger partial charge < -0.3 is 5.11 Å². The largest absolute Gasteiger partial charge is 0.384 e. The van der Waals surface area contributed by atoms with Gasteiger partial charge in [0.05, 0.1) is 18.0 Å². The second kappa shape index (κ2) is 6.36. The summed E-state index contributed by atoms with van der Waals surface area (Å²) in [5.41, 5.74) is 0.222. The van der Waals surface area contributed by atoms with E-state index in [1.54, 1.807) is 0 Å². The summed E-state index contributed by atoms with van der Waals surface area (Å²) >= 11 is 0. The van der Waals surface area contributed by atoms with E-state index in [0.29, 0.717) is 5.56 Å². The highest BCUT2D eigenvalue weighted by molar-refractivity contribution is 6.03. The van der Waals surface area contributed by atoms with Gasteiger partial charge in [-0.2, -0.15) is 5.10 Å². The SMILES string of the molecule is O=C(Nc1nccnn1)c1cc(C#CCO)ccc1F. The molecule has 2 aromatic rings. The number of anilines is 1. The number of amides is 1. The second-order valence-electron chi connectivity index (χ2n) is 3.57. The molecular formula is C13H9FN4O2. The van der Waals surface area contributed by atoms with E-state index < -0.39 is 11.7 Å². The van der Waals surface area contributed by atoms with Crippen molar-refractivity contribution in [1.29, 1.82) is 0 Å². The van der Waals surface area contributed by atoms with E-state index in [2.05, 4.69) is 32.3 Å². The Balaban J connectivity index is 2.25. The summed E-state index contributed by atoms with van der Waals surface area (Å²) in [7, 11) is 0. The minimum atomic E-state index is -0.705. The number of nitrogens with one attached hydrogen (secondary N) is 1. The molecule has 1 aromatic heterocycles. The molecule has 1 aromatic carbocycles. The Bertz CT molecular complexity index is 680. The van der Waals surface area contributed by atoms with Crippen molar-refractivity contribution in [3.05, 3.63) is 47.5 Å². The van der Waals surface area contributed by atoms with Crippen LogP contribution in [-0.4, -0.2) is 32.8 Å². The van der Waals surface area contributed by atoms with E-state index in [0.717, 1.165) is 6.07 Å². The lowest BCUT2D eigenvalue weighted by Gasteiger charge is -2.04. The van der Waals surface area contributed by atoms with Crippen molar-refractivity contribution in [2.75, 3.05) is 11.9 Å². The van der Waals surface area contributed by atoms with Crippen molar-refractivity contribution in [3.8, 4) is 11.8 Å². The van der Waals surface area contributed by atoms with Gasteiger partial charge in [-0.05, 0) is 18.2 Å². The van der Waals surface area contributed by atoms with Crippen LogP contribution in [0.1, 0.15) is 15.9 Å². The maximum absolute atomic E-state index is 13.6. The number of aromatic nitrogens is 3. The zero-order valence-corrected chi connectivity index (χ0v) is 10.2. The van der Waals surface area contributed by atoms with Gasteiger partial charge >= 0.3 is 0 Å². The summed E-state index contributed by atoms with van der Waals surface area (Å²) in [6.07, 6.45) is 2.70. The molecule has 0 radical (unpaired) electrons. The molecular weight excluding hydrogens is 263 g/mol. The topological polar surface area (TPSA) is 88.0 Å². The third-order valence-electron chi connectivity index (χ3n) is 2.23. The molecule has 0 aliphatic heterocycles. The third-order valence-corrected chi connectivity index (χ3v) is 2.23. The summed E-state index contributed by atoms with van der Waals surface area (Å²) in [5.74, 6) is 3.58. The fourth-order valence-electron chi connectivity index (χ4n) is 1.39. The van der Waals surface area contributed by atoms with Crippen LogP contribution in [0, 0.1) is 17.7 Å². The molecule has 2 rings (SSSR count). The molecule has 0 aliphatic carbocycles. The molecule has 0 atom stereocenters. The van der Waals surface area contributed by atoms with Gasteiger partial charge in [-0.3, -0.25) is 10.1 Å². The smallest absolute Gasteiger partial charge is 0.261 e. The zero-order chi connectivity index (χ0) is 14.4. The summed E-state index contributed by atoms with van der Waals surface area (Å²) in [5, 5.41) is 18.0. The average molecular weight is 272 g/mol. The Morgan fingerprint density at radius 2 is 2.25 bits per heavy atom. The molecule has 0 saturated carbocycles. The van der Waals surface area contributed by atoms with Crippen LogP contribution in [0.15, 0.2) is 30.6 Å². The van der Waals surface area contributed by atoms with Crippen LogP contribution in [0.2, 0.25) is 0 Å². The Kier molecular flexibility index (Phi) is 4.32. The Hall–Kier alpha value is -2.85. The van der Waals surface area contributed by atoms with Crippen molar-refractivity contribution in [2.24, 2.45) is 0 Å². The van der Waals surface area contributed by atoms with E-state index >= 15 is 0 Å². The highest BCUT2D eigenvalue weighted by atomic mass is 19.1. The van der Waals surface area contributed by atoms with Crippen molar-refractivity contribution in [1.82, 2.24) is 15.2 Å². The Labute approximate surface area is 113 Å². The molecule has 1 amide bonds. The van der Waals surface area contributed by atoms with Gasteiger partial charge in [0.25, 0.3) is 5.91 Å². The van der Waals surface area contributed by atoms with E-state index in [1.807, 2.05) is 0 Å². The predicted molar refractivity (Wildman–Crippen MR) is 68.1 cm³/mol. The average Bonchev–Trinajstić information content (AvgIpc) is 2.47. The molecule has 0 spiro atoms. The number of aliphatic hydroxyl groups is 1. The van der Waals surface area contributed by atoms with Gasteiger partial charge in [-0.25, -0.2) is 9.37 Å². The Morgan fingerprint density at radius 1 is 1.40 bits per heavy atom. The van der Waals surface area contributed by atoms with Gasteiger partial charge in [0.1, 0.15) is 12.4 Å². The van der Waals surface area contributed by atoms with Crippen LogP contribution in [0.25, 0.3) is 0 Å². The first-order valence-electron chi connectivity index (χ1n) is 5.55. The number of nitrogens with zero attached hydrogens (tertiary/aromatic N) is 3. The fraction of sp³-hybridized carbons (Fsp3) is 0.0769. The highest BCUT2D eigenvalue weighted by Crippen LogP contribution is 2.11. The first-order chi connectivity index (χ1) is 9.70. The Morgan fingerprint density at radius 3 is 2.95 bits per heavy atom. The number of aliphatic hydroxyl groups excluding tert-OH is 1. The summed E-state index contributed by atoms with van der Waals surface area (Å²) in [6.45, 7) is -0.317. The molecule has 100 valence electrons. The molecule has 20 heavy (non-hydrogen) atoms. The van der Waals surface area contributed by atoms with Crippen LogP contribution >= 0.6 is 0 Å². The molecule has 0 aliphatic rings. The third kappa shape index (κ3) is 3.34. The van der Waals surface area contributed by atoms with Crippen LogP contribution in [0.3, 0.4) is 0 Å². The lowest BCUT2D eigenvalue weighted by atomic mass is 10.1. The number of rotatable bonds is 2. The molecule has 6 nitrogen and oxygen atoms in total. The summed E-state index contributed by atoms with van der Waals surface area (Å²) in [4.78, 5) is 15.7. The van der Waals surface area contributed by atoms with Crippen LogP contribution in [-0.2, 0) is 0 Å². The first-order valence-corrected chi connectivity index (χ1v) is 5.55. The van der Waals surface area contributed by atoms with Crippen LogP contribution < -0.4 is 5.32 Å². The summed E-state index contributed by atoms with van der Waals surface area (Å²) < 4.78 is 13.6. The second-order valence-corrected chi connectivity index (χ2v) is 3.57. The molecule has 1 heterocycles. The van der Waals surface area contributed by atoms with E-state index in [9.17, 15) is 9.18 Å². The zero-order valence-electron chi connectivity index (χ0n) is 10.2. The lowest BCUT2D eigenvalue weighted by Crippen LogP contribution is -2.16. The normalized spacial score (nSPS) is 9.50. The van der Waals surface area contributed by atoms with E-state index in [4.69, 9.17) is 5.11 Å². The highest BCUT2D eigenvalue weighted by Gasteiger charge is 2.13. The van der Waals surface area contributed by atoms with Gasteiger partial charge in [-0.1, -0.05) is 11.8 Å². The van der Waals surface area contributed by atoms with Crippen molar-refractivity contribution < 1.29 is 14.3 Å². The molecule has 0 fully saturated rings. The molecule has 0 saturated heterocycles. The van der Waals surface area contributed by atoms with Crippen LogP contribution in [0.5, 0.6) is 0 Å². The number of carbonyl (C=O) groups is 1. The number of halogens is 1. The fourth-order valence-corrected chi connectivity index (χ4v) is 1.39. The standard InChI is InChI=1S/C13H9FN4O2/c14-11-4-3-9(2-1-7-19)8-10(11)12(20)17-13-15-5-6-16-18-13/h3-6,8,19H,7H2,(H,15,17,18,20). The molecule has 0 unspecified atom stereocenters. The van der Waals surface area contributed by atoms with Gasteiger partial charge in [0.2, 0.25) is 5.95 Å². The predicted octanol–water partition coefficient (Wildman–Crippen LogP) is 0.607. The maximum Gasteiger partial charge on any atom is 0.261 e. The number of carbonyl (C=O) groups excluding carboxylic acids is 1. The number of hydrogen-bond acceptors (Lipinski definition) is 5. The number of hydrogen-bond donors (Lipinski definition) is 2. The van der Waals surface area contributed by atoms with Gasteiger partial charge in [0.15, 0.2) is 0 Å². The first kappa shape index (κ1) is 13.6. The monoisotopic (exact) mass is 272 g/mol. The number of benzene rings is 1. The maximum atomic E-state index is 13.6. The minimum absolute atomic E-state index is 0.0243. The lowest BCUT2D eigenvalue weighted by molar-refractivity contribution is 0.102. The van der Waals surface area contributed by atoms with Crippen molar-refractivity contribution >= 4 is 11.9 Å².